The summed E-state index contributed by atoms with van der Waals surface area (Å²) in [6, 6.07) is 7.12. The van der Waals surface area contributed by atoms with E-state index in [-0.39, 0.29) is 0 Å². The molecule has 0 bridgehead atoms. The number of likely N-dealkylation sites (tertiary alicyclic amines) is 1. The Morgan fingerprint density at radius 2 is 1.85 bits per heavy atom. The minimum absolute atomic E-state index is 0.403. The second-order valence-corrected chi connectivity index (χ2v) is 6.33. The summed E-state index contributed by atoms with van der Waals surface area (Å²) in [4.78, 5) is 7.18. The number of nitrogens with zero attached hydrogens (tertiary/aromatic N) is 2. The molecule has 1 aromatic rings. The van der Waals surface area contributed by atoms with Crippen LogP contribution in [0.25, 0.3) is 5.57 Å². The van der Waals surface area contributed by atoms with Gasteiger partial charge in [-0.15, -0.1) is 0 Å². The van der Waals surface area contributed by atoms with E-state index >= 15 is 0 Å². The minimum atomic E-state index is 0.403. The Hall–Kier alpha value is -1.41. The van der Waals surface area contributed by atoms with E-state index < -0.39 is 0 Å². The molecule has 1 unspecified atom stereocenters. The molecule has 0 amide bonds. The molecule has 20 heavy (non-hydrogen) atoms. The van der Waals surface area contributed by atoms with Crippen molar-refractivity contribution in [1.82, 2.24) is 4.90 Å². The van der Waals surface area contributed by atoms with Crippen molar-refractivity contribution in [3.05, 3.63) is 41.0 Å². The van der Waals surface area contributed by atoms with Crippen LogP contribution in [-0.2, 0) is 0 Å². The van der Waals surface area contributed by atoms with E-state index in [2.05, 4.69) is 56.3 Å². The second kappa shape index (κ2) is 5.53. The molecule has 1 aromatic carbocycles. The number of aryl methyl sites for hydroxylation is 2. The molecule has 0 aromatic heterocycles. The highest BCUT2D eigenvalue weighted by molar-refractivity contribution is 6.11. The first kappa shape index (κ1) is 13.6. The molecule has 0 aliphatic carbocycles. The zero-order valence-corrected chi connectivity index (χ0v) is 12.8. The first-order chi connectivity index (χ1) is 9.63. The van der Waals surface area contributed by atoms with Crippen molar-refractivity contribution in [2.75, 3.05) is 20.1 Å². The topological polar surface area (TPSA) is 15.6 Å². The highest BCUT2D eigenvalue weighted by Gasteiger charge is 2.25. The summed E-state index contributed by atoms with van der Waals surface area (Å²) in [5.74, 6) is 0.728. The van der Waals surface area contributed by atoms with Gasteiger partial charge in [0.2, 0.25) is 0 Å². The lowest BCUT2D eigenvalue weighted by Gasteiger charge is -2.30. The molecule has 106 valence electrons. The van der Waals surface area contributed by atoms with E-state index in [9.17, 15) is 0 Å². The summed E-state index contributed by atoms with van der Waals surface area (Å²) >= 11 is 0. The van der Waals surface area contributed by atoms with Crippen molar-refractivity contribution >= 4 is 11.8 Å². The molecular weight excluding hydrogens is 244 g/mol. The highest BCUT2D eigenvalue weighted by Crippen LogP contribution is 2.29. The average Bonchev–Trinajstić information content (AvgIpc) is 2.92. The number of rotatable bonds is 2. The molecule has 0 saturated carbocycles. The van der Waals surface area contributed by atoms with Gasteiger partial charge in [0.15, 0.2) is 0 Å². The third-order valence-corrected chi connectivity index (χ3v) is 4.82. The molecule has 2 aliphatic rings. The zero-order chi connectivity index (χ0) is 14.1. The second-order valence-electron chi connectivity index (χ2n) is 6.33. The SMILES string of the molecule is Cc1ccc(C2=CC(C3CCN(C)CC3)N=C2)cc1C. The van der Waals surface area contributed by atoms with Crippen LogP contribution in [0.5, 0.6) is 0 Å². The zero-order valence-electron chi connectivity index (χ0n) is 12.8. The van der Waals surface area contributed by atoms with Gasteiger partial charge in [-0.1, -0.05) is 24.3 Å². The number of hydrogen-bond acceptors (Lipinski definition) is 2. The Morgan fingerprint density at radius 1 is 1.10 bits per heavy atom. The molecule has 0 N–H and O–H groups in total. The van der Waals surface area contributed by atoms with Crippen molar-refractivity contribution < 1.29 is 0 Å². The Bertz CT molecular complexity index is 549. The summed E-state index contributed by atoms with van der Waals surface area (Å²) in [6.07, 6.45) is 7.00. The number of benzene rings is 1. The van der Waals surface area contributed by atoms with E-state index in [1.807, 2.05) is 0 Å². The lowest BCUT2D eigenvalue weighted by atomic mass is 9.89. The van der Waals surface area contributed by atoms with E-state index in [0.29, 0.717) is 6.04 Å². The van der Waals surface area contributed by atoms with Gasteiger partial charge in [-0.3, -0.25) is 4.99 Å². The first-order valence-electron chi connectivity index (χ1n) is 7.64. The maximum absolute atomic E-state index is 4.76. The Balaban J connectivity index is 1.75. The molecule has 1 atom stereocenters. The van der Waals surface area contributed by atoms with Gasteiger partial charge in [0.25, 0.3) is 0 Å². The van der Waals surface area contributed by atoms with Crippen molar-refractivity contribution in [2.24, 2.45) is 10.9 Å². The smallest absolute Gasteiger partial charge is 0.0718 e. The molecule has 1 fully saturated rings. The molecule has 1 saturated heterocycles. The predicted octanol–water partition coefficient (Wildman–Crippen LogP) is 3.48. The van der Waals surface area contributed by atoms with Crippen molar-refractivity contribution in [3.63, 3.8) is 0 Å². The number of piperidine rings is 1. The summed E-state index contributed by atoms with van der Waals surface area (Å²) in [5, 5.41) is 0. The van der Waals surface area contributed by atoms with Crippen molar-refractivity contribution in [3.8, 4) is 0 Å². The molecular formula is C18H24N2. The number of aliphatic imine (C=N–C) groups is 1. The van der Waals surface area contributed by atoms with Gasteiger partial charge < -0.3 is 4.90 Å². The molecule has 0 spiro atoms. The quantitative estimate of drug-likeness (QED) is 0.802. The minimum Gasteiger partial charge on any atom is -0.306 e. The van der Waals surface area contributed by atoms with Crippen LogP contribution in [0.15, 0.2) is 29.3 Å². The van der Waals surface area contributed by atoms with E-state index in [1.54, 1.807) is 0 Å². The van der Waals surface area contributed by atoms with Crippen LogP contribution in [0.1, 0.15) is 29.5 Å². The summed E-state index contributed by atoms with van der Waals surface area (Å²) < 4.78 is 0. The maximum atomic E-state index is 4.76. The predicted molar refractivity (Wildman–Crippen MR) is 86.4 cm³/mol. The third-order valence-electron chi connectivity index (χ3n) is 4.82. The van der Waals surface area contributed by atoms with Crippen molar-refractivity contribution in [1.29, 1.82) is 0 Å². The van der Waals surface area contributed by atoms with E-state index in [1.165, 1.54) is 48.2 Å². The number of hydrogen-bond donors (Lipinski definition) is 0. The van der Waals surface area contributed by atoms with Crippen LogP contribution in [0.2, 0.25) is 0 Å². The van der Waals surface area contributed by atoms with Crippen LogP contribution < -0.4 is 0 Å². The Morgan fingerprint density at radius 3 is 2.55 bits per heavy atom. The lowest BCUT2D eigenvalue weighted by molar-refractivity contribution is 0.211. The van der Waals surface area contributed by atoms with Gasteiger partial charge in [-0.25, -0.2) is 0 Å². The standard InChI is InChI=1S/C18H24N2/c1-13-4-5-16(10-14(13)2)17-11-18(19-12-17)15-6-8-20(3)9-7-15/h4-5,10-12,15,18H,6-9H2,1-3H3. The Labute approximate surface area is 122 Å². The van der Waals surface area contributed by atoms with Gasteiger partial charge in [0.05, 0.1) is 6.04 Å². The highest BCUT2D eigenvalue weighted by atomic mass is 15.1. The summed E-state index contributed by atoms with van der Waals surface area (Å²) in [7, 11) is 2.21. The van der Waals surface area contributed by atoms with Crippen LogP contribution in [0.3, 0.4) is 0 Å². The Kier molecular flexibility index (Phi) is 3.75. The normalized spacial score (nSPS) is 24.1. The molecule has 2 heterocycles. The van der Waals surface area contributed by atoms with Gasteiger partial charge in [-0.2, -0.15) is 0 Å². The molecule has 0 radical (unpaired) electrons. The first-order valence-corrected chi connectivity index (χ1v) is 7.64. The lowest BCUT2D eigenvalue weighted by Crippen LogP contribution is -2.33. The van der Waals surface area contributed by atoms with Crippen molar-refractivity contribution in [2.45, 2.75) is 32.7 Å². The molecule has 2 nitrogen and oxygen atoms in total. The third kappa shape index (κ3) is 2.71. The summed E-state index contributed by atoms with van der Waals surface area (Å²) in [6.45, 7) is 6.77. The van der Waals surface area contributed by atoms with Crippen LogP contribution in [-0.4, -0.2) is 37.3 Å². The fraction of sp³-hybridized carbons (Fsp3) is 0.500. The van der Waals surface area contributed by atoms with Gasteiger partial charge in [0, 0.05) is 6.21 Å². The van der Waals surface area contributed by atoms with Gasteiger partial charge in [-0.05, 0) is 75.0 Å². The average molecular weight is 268 g/mol. The van der Waals surface area contributed by atoms with Gasteiger partial charge in [0.1, 0.15) is 0 Å². The monoisotopic (exact) mass is 268 g/mol. The number of allylic oxidation sites excluding steroid dienone is 1. The molecule has 3 rings (SSSR count). The summed E-state index contributed by atoms with van der Waals surface area (Å²) in [5.41, 5.74) is 5.33. The van der Waals surface area contributed by atoms with Crippen LogP contribution >= 0.6 is 0 Å². The van der Waals surface area contributed by atoms with Gasteiger partial charge >= 0.3 is 0 Å². The molecule has 2 aliphatic heterocycles. The van der Waals surface area contributed by atoms with Crippen LogP contribution in [0, 0.1) is 19.8 Å². The van der Waals surface area contributed by atoms with E-state index in [4.69, 9.17) is 4.99 Å². The maximum Gasteiger partial charge on any atom is 0.0718 e. The van der Waals surface area contributed by atoms with E-state index in [0.717, 1.165) is 5.92 Å². The molecule has 2 heteroatoms. The fourth-order valence-electron chi connectivity index (χ4n) is 3.16. The van der Waals surface area contributed by atoms with Crippen LogP contribution in [0.4, 0.5) is 0 Å². The fourth-order valence-corrected chi connectivity index (χ4v) is 3.16. The largest absolute Gasteiger partial charge is 0.306 e.